The summed E-state index contributed by atoms with van der Waals surface area (Å²) in [6.45, 7) is 2.74. The van der Waals surface area contributed by atoms with E-state index in [9.17, 15) is 23.9 Å². The van der Waals surface area contributed by atoms with Gasteiger partial charge in [-0.05, 0) is 86.1 Å². The topological polar surface area (TPSA) is 117 Å². The van der Waals surface area contributed by atoms with Crippen LogP contribution < -0.4 is 0 Å². The van der Waals surface area contributed by atoms with Crippen molar-refractivity contribution in [2.24, 2.45) is 17.8 Å². The molecule has 0 radical (unpaired) electrons. The summed E-state index contributed by atoms with van der Waals surface area (Å²) in [5.41, 5.74) is 4.50. The van der Waals surface area contributed by atoms with Gasteiger partial charge in [0.05, 0.1) is 30.2 Å². The summed E-state index contributed by atoms with van der Waals surface area (Å²) < 4.78 is 20.3. The Hall–Kier alpha value is -3.85. The molecule has 41 heavy (non-hydrogen) atoms. The van der Waals surface area contributed by atoms with E-state index >= 15 is 0 Å². The number of phenols is 1. The predicted octanol–water partition coefficient (Wildman–Crippen LogP) is 5.23. The van der Waals surface area contributed by atoms with Crippen molar-refractivity contribution in [3.8, 4) is 5.75 Å². The van der Waals surface area contributed by atoms with Crippen molar-refractivity contribution in [1.29, 1.82) is 0 Å². The molecule has 3 heterocycles. The molecule has 9 heteroatoms. The highest BCUT2D eigenvalue weighted by atomic mass is 19.1. The fraction of sp³-hybridized carbons (Fsp3) is 0.438. The first-order valence-electron chi connectivity index (χ1n) is 14.2. The Kier molecular flexibility index (Phi) is 8.63. The largest absolute Gasteiger partial charge is 0.505 e. The number of carbonyl (C=O) groups is 3. The second-order valence-corrected chi connectivity index (χ2v) is 11.2. The van der Waals surface area contributed by atoms with Gasteiger partial charge in [0, 0.05) is 25.1 Å². The zero-order chi connectivity index (χ0) is 29.1. The number of amides is 2. The molecule has 5 rings (SSSR count). The van der Waals surface area contributed by atoms with Gasteiger partial charge in [-0.25, -0.2) is 4.39 Å². The molecule has 0 bridgehead atoms. The number of imide groups is 1. The standard InChI is InChI=1S/C32H35FN2O6/c1-19-15-22-30(32(40)35(31(22)39)14-6-2-3-8-28(37)38)23-18-41-27(29(19)23)12-10-21(25-7-4-5-13-34-25)16-20-9-11-26(36)24(33)17-20/h4-5,7,9,11,13,16-17,22-23,27,30,36H,2-3,6,8,10,12,14-15,18H2,1H3,(H,37,38)/b21-16-/t22-,23+,27-,30-/m1/s1. The number of aromatic hydroxyl groups is 1. The number of halogens is 1. The number of fused-ring (bicyclic) bond motifs is 3. The van der Waals surface area contributed by atoms with Crippen molar-refractivity contribution in [1.82, 2.24) is 9.88 Å². The third kappa shape index (κ3) is 6.10. The van der Waals surface area contributed by atoms with Crippen LogP contribution in [0.2, 0.25) is 0 Å². The van der Waals surface area contributed by atoms with Crippen LogP contribution in [0.25, 0.3) is 11.6 Å². The summed E-state index contributed by atoms with van der Waals surface area (Å²) >= 11 is 0. The van der Waals surface area contributed by atoms with Gasteiger partial charge in [0.25, 0.3) is 0 Å². The van der Waals surface area contributed by atoms with E-state index in [0.717, 1.165) is 22.4 Å². The number of hydrogen-bond donors (Lipinski definition) is 2. The van der Waals surface area contributed by atoms with E-state index in [1.165, 1.54) is 17.0 Å². The zero-order valence-electron chi connectivity index (χ0n) is 23.1. The summed E-state index contributed by atoms with van der Waals surface area (Å²) in [5.74, 6) is -3.12. The number of carbonyl (C=O) groups excluding carboxylic acids is 2. The highest BCUT2D eigenvalue weighted by molar-refractivity contribution is 6.06. The van der Waals surface area contributed by atoms with Crippen molar-refractivity contribution < 1.29 is 33.7 Å². The summed E-state index contributed by atoms with van der Waals surface area (Å²) in [4.78, 5) is 43.3. The van der Waals surface area contributed by atoms with Crippen LogP contribution in [-0.4, -0.2) is 57.1 Å². The van der Waals surface area contributed by atoms with Crippen LogP contribution in [0, 0.1) is 23.6 Å². The van der Waals surface area contributed by atoms with Gasteiger partial charge in [-0.2, -0.15) is 0 Å². The van der Waals surface area contributed by atoms with E-state index in [2.05, 4.69) is 4.98 Å². The van der Waals surface area contributed by atoms with Crippen LogP contribution in [-0.2, 0) is 19.1 Å². The van der Waals surface area contributed by atoms with Gasteiger partial charge in [0.15, 0.2) is 11.6 Å². The number of aromatic nitrogens is 1. The minimum Gasteiger partial charge on any atom is -0.505 e. The highest BCUT2D eigenvalue weighted by Gasteiger charge is 2.56. The SMILES string of the molecule is CC1=C2[C@@H](CC/C(=C/c3ccc(O)c(F)c3)c3ccccn3)OC[C@@H]2[C@@H]2C(=O)N(CCCCCC(=O)O)C(=O)[C@@H]2C1. The average molecular weight is 563 g/mol. The first-order valence-corrected chi connectivity index (χ1v) is 14.2. The van der Waals surface area contributed by atoms with E-state index < -0.39 is 23.5 Å². The third-order valence-corrected chi connectivity index (χ3v) is 8.50. The fourth-order valence-corrected chi connectivity index (χ4v) is 6.57. The maximum Gasteiger partial charge on any atom is 0.303 e. The molecule has 0 saturated carbocycles. The molecule has 2 saturated heterocycles. The van der Waals surface area contributed by atoms with Crippen molar-refractivity contribution in [3.05, 3.63) is 70.8 Å². The van der Waals surface area contributed by atoms with Gasteiger partial charge in [0.1, 0.15) is 0 Å². The molecule has 2 amide bonds. The van der Waals surface area contributed by atoms with Gasteiger partial charge in [-0.1, -0.05) is 24.1 Å². The number of allylic oxidation sites excluding steroid dienone is 2. The molecule has 1 aromatic carbocycles. The zero-order valence-corrected chi connectivity index (χ0v) is 23.1. The summed E-state index contributed by atoms with van der Waals surface area (Å²) in [5, 5.41) is 18.4. The molecule has 2 N–H and O–H groups in total. The lowest BCUT2D eigenvalue weighted by Gasteiger charge is -2.30. The van der Waals surface area contributed by atoms with Crippen molar-refractivity contribution in [3.63, 3.8) is 0 Å². The van der Waals surface area contributed by atoms with E-state index in [1.807, 2.05) is 31.2 Å². The molecule has 0 unspecified atom stereocenters. The monoisotopic (exact) mass is 562 g/mol. The molecule has 1 aromatic heterocycles. The molecule has 1 aliphatic carbocycles. The van der Waals surface area contributed by atoms with Crippen LogP contribution in [0.5, 0.6) is 5.75 Å². The molecular formula is C32H35FN2O6. The Bertz CT molecular complexity index is 1390. The number of carboxylic acid groups (broad SMARTS) is 1. The minimum absolute atomic E-state index is 0.0868. The van der Waals surface area contributed by atoms with Crippen LogP contribution in [0.1, 0.15) is 63.1 Å². The number of unbranched alkanes of at least 4 members (excludes halogenated alkanes) is 2. The second-order valence-electron chi connectivity index (χ2n) is 11.2. The number of likely N-dealkylation sites (tertiary alicyclic amines) is 1. The van der Waals surface area contributed by atoms with Crippen LogP contribution in [0.3, 0.4) is 0 Å². The van der Waals surface area contributed by atoms with Gasteiger partial charge in [-0.15, -0.1) is 0 Å². The van der Waals surface area contributed by atoms with Crippen LogP contribution >= 0.6 is 0 Å². The summed E-state index contributed by atoms with van der Waals surface area (Å²) in [6, 6.07) is 9.89. The first-order chi connectivity index (χ1) is 19.7. The van der Waals surface area contributed by atoms with E-state index in [1.54, 1.807) is 12.3 Å². The molecule has 2 aliphatic heterocycles. The second kappa shape index (κ2) is 12.3. The number of phenolic OH excluding ortho intramolecular Hbond substituents is 1. The third-order valence-electron chi connectivity index (χ3n) is 8.50. The summed E-state index contributed by atoms with van der Waals surface area (Å²) in [7, 11) is 0. The maximum atomic E-state index is 14.0. The van der Waals surface area contributed by atoms with E-state index in [4.69, 9.17) is 9.84 Å². The van der Waals surface area contributed by atoms with Crippen LogP contribution in [0.15, 0.2) is 53.7 Å². The molecule has 4 atom stereocenters. The summed E-state index contributed by atoms with van der Waals surface area (Å²) in [6.07, 6.45) is 7.00. The molecule has 2 fully saturated rings. The average Bonchev–Trinajstić information content (AvgIpc) is 3.48. The van der Waals surface area contributed by atoms with Crippen molar-refractivity contribution in [2.75, 3.05) is 13.2 Å². The molecule has 2 aromatic rings. The number of carboxylic acids is 1. The molecule has 216 valence electrons. The smallest absolute Gasteiger partial charge is 0.303 e. The van der Waals surface area contributed by atoms with Gasteiger partial charge in [0.2, 0.25) is 11.8 Å². The lowest BCUT2D eigenvalue weighted by atomic mass is 9.70. The normalized spacial score (nSPS) is 24.1. The number of aliphatic carboxylic acids is 1. The minimum atomic E-state index is -0.842. The number of ether oxygens (including phenoxy) is 1. The Morgan fingerprint density at radius 1 is 1.12 bits per heavy atom. The first kappa shape index (κ1) is 28.7. The highest BCUT2D eigenvalue weighted by Crippen LogP contribution is 2.50. The molecule has 3 aliphatic rings. The Morgan fingerprint density at radius 3 is 2.68 bits per heavy atom. The number of benzene rings is 1. The lowest BCUT2D eigenvalue weighted by molar-refractivity contribution is -0.141. The predicted molar refractivity (Wildman–Crippen MR) is 150 cm³/mol. The van der Waals surface area contributed by atoms with Crippen molar-refractivity contribution in [2.45, 2.75) is 58.0 Å². The molecule has 0 spiro atoms. The lowest BCUT2D eigenvalue weighted by Crippen LogP contribution is -2.34. The Labute approximate surface area is 238 Å². The number of nitrogens with zero attached hydrogens (tertiary/aromatic N) is 2. The van der Waals surface area contributed by atoms with E-state index in [0.29, 0.717) is 57.2 Å². The van der Waals surface area contributed by atoms with E-state index in [-0.39, 0.29) is 36.2 Å². The Balaban J connectivity index is 1.29. The van der Waals surface area contributed by atoms with Gasteiger partial charge >= 0.3 is 5.97 Å². The van der Waals surface area contributed by atoms with Crippen LogP contribution in [0.4, 0.5) is 4.39 Å². The fourth-order valence-electron chi connectivity index (χ4n) is 6.57. The van der Waals surface area contributed by atoms with Gasteiger partial charge < -0.3 is 14.9 Å². The number of rotatable bonds is 11. The number of pyridine rings is 1. The number of hydrogen-bond acceptors (Lipinski definition) is 6. The van der Waals surface area contributed by atoms with Crippen molar-refractivity contribution >= 4 is 29.4 Å². The Morgan fingerprint density at radius 2 is 1.95 bits per heavy atom. The van der Waals surface area contributed by atoms with Gasteiger partial charge in [-0.3, -0.25) is 24.3 Å². The maximum absolute atomic E-state index is 14.0. The quantitative estimate of drug-likeness (QED) is 0.219. The molecule has 8 nitrogen and oxygen atoms in total. The molecular weight excluding hydrogens is 527 g/mol.